The molecule has 0 radical (unpaired) electrons. The van der Waals surface area contributed by atoms with Crippen molar-refractivity contribution in [3.05, 3.63) is 120 Å². The largest absolute Gasteiger partial charge is 0.278 e. The predicted octanol–water partition coefficient (Wildman–Crippen LogP) is 8.22. The molecule has 0 atom stereocenters. The molecule has 0 aliphatic carbocycles. The van der Waals surface area contributed by atoms with Crippen molar-refractivity contribution in [2.45, 2.75) is 0 Å². The number of rotatable bonds is 3. The Morgan fingerprint density at radius 1 is 0.500 bits per heavy atom. The van der Waals surface area contributed by atoms with Crippen molar-refractivity contribution >= 4 is 48.5 Å². The monoisotopic (exact) mass is 526 g/mol. The fourth-order valence-corrected chi connectivity index (χ4v) is 5.14. The van der Waals surface area contributed by atoms with Crippen molar-refractivity contribution in [2.24, 2.45) is 0 Å². The minimum atomic E-state index is 0.600. The highest BCUT2D eigenvalue weighted by molar-refractivity contribution is 9.10. The highest BCUT2D eigenvalue weighted by atomic mass is 79.9. The van der Waals surface area contributed by atoms with E-state index in [1.807, 2.05) is 24.3 Å². The molecule has 36 heavy (non-hydrogen) atoms. The van der Waals surface area contributed by atoms with Crippen LogP contribution in [0.3, 0.4) is 0 Å². The van der Waals surface area contributed by atoms with Gasteiger partial charge in [0.15, 0.2) is 11.6 Å². The lowest BCUT2D eigenvalue weighted by molar-refractivity contribution is 0.954. The molecule has 0 bridgehead atoms. The predicted molar refractivity (Wildman–Crippen MR) is 150 cm³/mol. The fraction of sp³-hybridized carbons (Fsp3) is 0. The second-order valence-corrected chi connectivity index (χ2v) is 9.60. The van der Waals surface area contributed by atoms with Gasteiger partial charge in [-0.3, -0.25) is 4.57 Å². The Bertz CT molecular complexity index is 1850. The molecular weight excluding hydrogens is 508 g/mol. The Morgan fingerprint density at radius 2 is 1.08 bits per heavy atom. The number of nitrogens with zero attached hydrogens (tertiary/aromatic N) is 4. The molecule has 7 rings (SSSR count). The van der Waals surface area contributed by atoms with E-state index in [-0.39, 0.29) is 0 Å². The summed E-state index contributed by atoms with van der Waals surface area (Å²) in [6, 6.07) is 39.5. The Balaban J connectivity index is 1.57. The van der Waals surface area contributed by atoms with Crippen LogP contribution < -0.4 is 0 Å². The maximum Gasteiger partial charge on any atom is 0.238 e. The molecule has 0 fully saturated rings. The molecule has 0 saturated heterocycles. The molecule has 0 amide bonds. The first-order valence-corrected chi connectivity index (χ1v) is 12.5. The molecule has 7 aromatic rings. The highest BCUT2D eigenvalue weighted by Gasteiger charge is 2.18. The molecule has 170 valence electrons. The summed E-state index contributed by atoms with van der Waals surface area (Å²) in [5.74, 6) is 1.89. The van der Waals surface area contributed by atoms with Gasteiger partial charge in [-0.1, -0.05) is 107 Å². The van der Waals surface area contributed by atoms with Gasteiger partial charge in [0.1, 0.15) is 0 Å². The fourth-order valence-electron chi connectivity index (χ4n) is 4.87. The lowest BCUT2D eigenvalue weighted by atomic mass is 10.0. The molecular formula is C31H19BrN4. The summed E-state index contributed by atoms with van der Waals surface area (Å²) in [6.45, 7) is 0. The maximum atomic E-state index is 5.07. The SMILES string of the molecule is Brc1ccc(-c2nc(-c3cccc4ccccc34)nc(-n3c4ccccc4c4ccccc43)n2)cc1. The quantitative estimate of drug-likeness (QED) is 0.233. The summed E-state index contributed by atoms with van der Waals surface area (Å²) >= 11 is 3.54. The van der Waals surface area contributed by atoms with Crippen LogP contribution in [0.1, 0.15) is 0 Å². The summed E-state index contributed by atoms with van der Waals surface area (Å²) in [6.07, 6.45) is 0. The molecule has 5 heteroatoms. The minimum Gasteiger partial charge on any atom is -0.278 e. The van der Waals surface area contributed by atoms with E-state index in [4.69, 9.17) is 15.0 Å². The third-order valence-electron chi connectivity index (χ3n) is 6.54. The summed E-state index contributed by atoms with van der Waals surface area (Å²) in [5.41, 5.74) is 4.05. The molecule has 4 nitrogen and oxygen atoms in total. The van der Waals surface area contributed by atoms with Gasteiger partial charge >= 0.3 is 0 Å². The Hall–Kier alpha value is -4.35. The molecule has 0 unspecified atom stereocenters. The van der Waals surface area contributed by atoms with Crippen LogP contribution >= 0.6 is 15.9 Å². The maximum absolute atomic E-state index is 5.07. The molecule has 2 heterocycles. The van der Waals surface area contributed by atoms with E-state index >= 15 is 0 Å². The van der Waals surface area contributed by atoms with Gasteiger partial charge in [-0.25, -0.2) is 4.98 Å². The third-order valence-corrected chi connectivity index (χ3v) is 7.07. The Labute approximate surface area is 216 Å². The van der Waals surface area contributed by atoms with E-state index in [0.717, 1.165) is 37.4 Å². The van der Waals surface area contributed by atoms with Crippen LogP contribution in [0.5, 0.6) is 0 Å². The second kappa shape index (κ2) is 8.40. The Morgan fingerprint density at radius 3 is 1.81 bits per heavy atom. The van der Waals surface area contributed by atoms with Gasteiger partial charge in [0.05, 0.1) is 11.0 Å². The number of para-hydroxylation sites is 2. The summed E-state index contributed by atoms with van der Waals surface area (Å²) in [7, 11) is 0. The first kappa shape index (κ1) is 21.0. The van der Waals surface area contributed by atoms with Gasteiger partial charge in [-0.05, 0) is 35.0 Å². The zero-order chi connectivity index (χ0) is 24.1. The van der Waals surface area contributed by atoms with Gasteiger partial charge in [0, 0.05) is 26.4 Å². The molecule has 0 saturated carbocycles. The smallest absolute Gasteiger partial charge is 0.238 e. The number of benzene rings is 5. The van der Waals surface area contributed by atoms with Crippen molar-refractivity contribution in [2.75, 3.05) is 0 Å². The van der Waals surface area contributed by atoms with Crippen molar-refractivity contribution in [1.29, 1.82) is 0 Å². The van der Waals surface area contributed by atoms with Gasteiger partial charge in [-0.15, -0.1) is 0 Å². The molecule has 0 aliphatic rings. The van der Waals surface area contributed by atoms with Crippen molar-refractivity contribution in [3.63, 3.8) is 0 Å². The van der Waals surface area contributed by atoms with E-state index in [0.29, 0.717) is 17.6 Å². The van der Waals surface area contributed by atoms with E-state index in [1.54, 1.807) is 0 Å². The topological polar surface area (TPSA) is 43.6 Å². The average molecular weight is 527 g/mol. The number of hydrogen-bond acceptors (Lipinski definition) is 3. The van der Waals surface area contributed by atoms with Gasteiger partial charge < -0.3 is 0 Å². The van der Waals surface area contributed by atoms with Crippen LogP contribution in [0.2, 0.25) is 0 Å². The van der Waals surface area contributed by atoms with E-state index < -0.39 is 0 Å². The van der Waals surface area contributed by atoms with Crippen LogP contribution in [0.4, 0.5) is 0 Å². The van der Waals surface area contributed by atoms with Gasteiger partial charge in [-0.2, -0.15) is 9.97 Å². The second-order valence-electron chi connectivity index (χ2n) is 8.69. The van der Waals surface area contributed by atoms with E-state index in [9.17, 15) is 0 Å². The van der Waals surface area contributed by atoms with Crippen LogP contribution in [0.15, 0.2) is 120 Å². The van der Waals surface area contributed by atoms with Crippen molar-refractivity contribution in [3.8, 4) is 28.7 Å². The van der Waals surface area contributed by atoms with Crippen LogP contribution in [-0.2, 0) is 0 Å². The van der Waals surface area contributed by atoms with Crippen LogP contribution in [-0.4, -0.2) is 19.5 Å². The average Bonchev–Trinajstić information content (AvgIpc) is 3.27. The molecule has 2 aromatic heterocycles. The number of hydrogen-bond donors (Lipinski definition) is 0. The van der Waals surface area contributed by atoms with Crippen LogP contribution in [0.25, 0.3) is 61.3 Å². The van der Waals surface area contributed by atoms with Gasteiger partial charge in [0.25, 0.3) is 0 Å². The standard InChI is InChI=1S/C31H19BrN4/c32-22-18-16-21(17-19-22)29-33-30(26-13-7-9-20-8-1-2-10-23(20)26)35-31(34-29)36-27-14-5-3-11-24(27)25-12-4-6-15-28(25)36/h1-19H. The highest BCUT2D eigenvalue weighted by Crippen LogP contribution is 2.33. The summed E-state index contributed by atoms with van der Waals surface area (Å²) in [5, 5.41) is 4.61. The van der Waals surface area contributed by atoms with Crippen LogP contribution in [0, 0.1) is 0 Å². The van der Waals surface area contributed by atoms with Crippen molar-refractivity contribution in [1.82, 2.24) is 19.5 Å². The number of halogens is 1. The zero-order valence-electron chi connectivity index (χ0n) is 19.1. The Kier molecular flexibility index (Phi) is 4.89. The number of fused-ring (bicyclic) bond motifs is 4. The number of aromatic nitrogens is 4. The van der Waals surface area contributed by atoms with E-state index in [2.05, 4.69) is 111 Å². The normalized spacial score (nSPS) is 11.5. The minimum absolute atomic E-state index is 0.600. The third kappa shape index (κ3) is 3.40. The van der Waals surface area contributed by atoms with E-state index in [1.165, 1.54) is 10.8 Å². The molecule has 0 aliphatic heterocycles. The lowest BCUT2D eigenvalue weighted by Gasteiger charge is -2.12. The molecule has 0 spiro atoms. The van der Waals surface area contributed by atoms with Crippen molar-refractivity contribution < 1.29 is 0 Å². The van der Waals surface area contributed by atoms with Gasteiger partial charge in [0.2, 0.25) is 5.95 Å². The first-order valence-electron chi connectivity index (χ1n) is 11.7. The molecule has 5 aromatic carbocycles. The summed E-state index contributed by atoms with van der Waals surface area (Å²) in [4.78, 5) is 15.1. The summed E-state index contributed by atoms with van der Waals surface area (Å²) < 4.78 is 3.15. The zero-order valence-corrected chi connectivity index (χ0v) is 20.7. The first-order chi connectivity index (χ1) is 17.8. The lowest BCUT2D eigenvalue weighted by Crippen LogP contribution is -2.06. The molecule has 0 N–H and O–H groups in total.